The number of aliphatic hydroxyl groups excluding tert-OH is 1. The van der Waals surface area contributed by atoms with Crippen LogP contribution < -0.4 is 0 Å². The van der Waals surface area contributed by atoms with E-state index in [0.29, 0.717) is 6.04 Å². The first-order valence-electron chi connectivity index (χ1n) is 7.27. The smallest absolute Gasteiger partial charge is 0.192 e. The van der Waals surface area contributed by atoms with E-state index < -0.39 is 8.32 Å². The maximum absolute atomic E-state index is 9.12. The van der Waals surface area contributed by atoms with E-state index in [1.54, 1.807) is 0 Å². The van der Waals surface area contributed by atoms with Gasteiger partial charge in [0.15, 0.2) is 8.32 Å². The van der Waals surface area contributed by atoms with Crippen LogP contribution in [0.15, 0.2) is 0 Å². The summed E-state index contributed by atoms with van der Waals surface area (Å²) >= 11 is 0. The second kappa shape index (κ2) is 6.50. The van der Waals surface area contributed by atoms with Crippen molar-refractivity contribution < 1.29 is 9.53 Å². The van der Waals surface area contributed by atoms with Crippen molar-refractivity contribution >= 4 is 8.32 Å². The summed E-state index contributed by atoms with van der Waals surface area (Å²) in [6.45, 7) is 14.3. The molecule has 18 heavy (non-hydrogen) atoms. The Labute approximate surface area is 114 Å². The van der Waals surface area contributed by atoms with Crippen LogP contribution in [0.25, 0.3) is 0 Å². The molecule has 0 aliphatic heterocycles. The molecule has 108 valence electrons. The quantitative estimate of drug-likeness (QED) is 0.724. The van der Waals surface area contributed by atoms with Gasteiger partial charge in [-0.3, -0.25) is 4.90 Å². The fourth-order valence-corrected chi connectivity index (χ4v) is 3.03. The number of rotatable bonds is 7. The van der Waals surface area contributed by atoms with E-state index in [4.69, 9.17) is 9.53 Å². The van der Waals surface area contributed by atoms with Crippen LogP contribution in [0.5, 0.6) is 0 Å². The first-order valence-corrected chi connectivity index (χ1v) is 10.2. The normalized spacial score (nSPS) is 18.2. The highest BCUT2D eigenvalue weighted by Crippen LogP contribution is 2.36. The molecule has 1 aliphatic rings. The summed E-state index contributed by atoms with van der Waals surface area (Å²) in [6.07, 6.45) is 3.93. The van der Waals surface area contributed by atoms with Gasteiger partial charge in [0, 0.05) is 25.7 Å². The zero-order valence-corrected chi connectivity index (χ0v) is 13.8. The van der Waals surface area contributed by atoms with E-state index in [-0.39, 0.29) is 11.6 Å². The van der Waals surface area contributed by atoms with E-state index in [1.807, 2.05) is 0 Å². The fourth-order valence-electron chi connectivity index (χ4n) is 1.99. The van der Waals surface area contributed by atoms with E-state index >= 15 is 0 Å². The lowest BCUT2D eigenvalue weighted by molar-refractivity contribution is 0.0836. The van der Waals surface area contributed by atoms with Gasteiger partial charge < -0.3 is 9.53 Å². The lowest BCUT2D eigenvalue weighted by Crippen LogP contribution is -2.46. The summed E-state index contributed by atoms with van der Waals surface area (Å²) in [6, 6.07) is 0.695. The van der Waals surface area contributed by atoms with E-state index in [9.17, 15) is 0 Å². The first kappa shape index (κ1) is 16.2. The van der Waals surface area contributed by atoms with Crippen LogP contribution in [0.4, 0.5) is 0 Å². The topological polar surface area (TPSA) is 32.7 Å². The van der Waals surface area contributed by atoms with E-state index in [0.717, 1.165) is 19.7 Å². The van der Waals surface area contributed by atoms with Crippen LogP contribution >= 0.6 is 0 Å². The minimum Gasteiger partial charge on any atom is -0.416 e. The third kappa shape index (κ3) is 4.33. The Hall–Kier alpha value is 0.0969. The Morgan fingerprint density at radius 1 is 1.22 bits per heavy atom. The molecule has 3 nitrogen and oxygen atoms in total. The molecule has 0 aromatic rings. The SMILES string of the molecule is CC(C)(C)[Si](C)(C)OCCN(CCO)C1CCC1. The predicted octanol–water partition coefficient (Wildman–Crippen LogP) is 2.86. The Kier molecular flexibility index (Phi) is 5.84. The summed E-state index contributed by atoms with van der Waals surface area (Å²) in [4.78, 5) is 2.40. The van der Waals surface area contributed by atoms with Crippen LogP contribution in [0.3, 0.4) is 0 Å². The van der Waals surface area contributed by atoms with Crippen molar-refractivity contribution in [1.29, 1.82) is 0 Å². The monoisotopic (exact) mass is 273 g/mol. The second-order valence-electron chi connectivity index (χ2n) is 6.95. The van der Waals surface area contributed by atoms with Crippen molar-refractivity contribution in [1.82, 2.24) is 4.90 Å². The molecule has 0 bridgehead atoms. The third-order valence-electron chi connectivity index (χ3n) is 4.63. The highest BCUT2D eigenvalue weighted by molar-refractivity contribution is 6.74. The van der Waals surface area contributed by atoms with Gasteiger partial charge in [-0.1, -0.05) is 27.2 Å². The van der Waals surface area contributed by atoms with E-state index in [2.05, 4.69) is 38.8 Å². The van der Waals surface area contributed by atoms with E-state index in [1.165, 1.54) is 19.3 Å². The Morgan fingerprint density at radius 2 is 1.83 bits per heavy atom. The Balaban J connectivity index is 2.34. The molecule has 0 aromatic heterocycles. The molecule has 1 N–H and O–H groups in total. The number of aliphatic hydroxyl groups is 1. The van der Waals surface area contributed by atoms with Crippen LogP contribution in [-0.4, -0.2) is 50.7 Å². The number of nitrogens with zero attached hydrogens (tertiary/aromatic N) is 1. The van der Waals surface area contributed by atoms with Gasteiger partial charge >= 0.3 is 0 Å². The summed E-state index contributed by atoms with van der Waals surface area (Å²) in [5, 5.41) is 9.40. The van der Waals surface area contributed by atoms with Crippen LogP contribution in [0.1, 0.15) is 40.0 Å². The molecule has 0 amide bonds. The maximum Gasteiger partial charge on any atom is 0.192 e. The molecule has 0 heterocycles. The molecular formula is C14H31NO2Si. The second-order valence-corrected chi connectivity index (χ2v) is 11.8. The molecule has 0 spiro atoms. The molecular weight excluding hydrogens is 242 g/mol. The van der Waals surface area contributed by atoms with Gasteiger partial charge in [0.2, 0.25) is 0 Å². The average molecular weight is 273 g/mol. The predicted molar refractivity (Wildman–Crippen MR) is 79.4 cm³/mol. The van der Waals surface area contributed by atoms with Gasteiger partial charge in [-0.25, -0.2) is 0 Å². The molecule has 0 saturated heterocycles. The molecule has 1 fully saturated rings. The van der Waals surface area contributed by atoms with Gasteiger partial charge in [-0.2, -0.15) is 0 Å². The molecule has 0 aromatic carbocycles. The molecule has 0 atom stereocenters. The summed E-state index contributed by atoms with van der Waals surface area (Å²) in [5.41, 5.74) is 0. The van der Waals surface area contributed by atoms with Crippen molar-refractivity contribution in [3.05, 3.63) is 0 Å². The van der Waals surface area contributed by atoms with Crippen molar-refractivity contribution in [2.75, 3.05) is 26.3 Å². The zero-order chi connectivity index (χ0) is 13.8. The Morgan fingerprint density at radius 3 is 2.22 bits per heavy atom. The van der Waals surface area contributed by atoms with Crippen LogP contribution in [0.2, 0.25) is 18.1 Å². The fraction of sp³-hybridized carbons (Fsp3) is 1.00. The van der Waals surface area contributed by atoms with Gasteiger partial charge in [0.05, 0.1) is 6.61 Å². The molecule has 1 saturated carbocycles. The standard InChI is InChI=1S/C14H31NO2Si/c1-14(2,3)18(4,5)17-12-10-15(9-11-16)13-7-6-8-13/h13,16H,6-12H2,1-5H3. The van der Waals surface area contributed by atoms with Gasteiger partial charge in [0.1, 0.15) is 0 Å². The first-order chi connectivity index (χ1) is 8.28. The highest BCUT2D eigenvalue weighted by atomic mass is 28.4. The largest absolute Gasteiger partial charge is 0.416 e. The van der Waals surface area contributed by atoms with Crippen molar-refractivity contribution in [3.63, 3.8) is 0 Å². The van der Waals surface area contributed by atoms with Crippen molar-refractivity contribution in [2.45, 2.75) is 64.2 Å². The molecule has 1 aliphatic carbocycles. The third-order valence-corrected chi connectivity index (χ3v) is 9.16. The van der Waals surface area contributed by atoms with Crippen molar-refractivity contribution in [3.8, 4) is 0 Å². The minimum atomic E-state index is -1.61. The number of hydrogen-bond acceptors (Lipinski definition) is 3. The van der Waals surface area contributed by atoms with Gasteiger partial charge in [-0.05, 0) is 31.0 Å². The molecule has 4 heteroatoms. The van der Waals surface area contributed by atoms with Crippen LogP contribution in [-0.2, 0) is 4.43 Å². The lowest BCUT2D eigenvalue weighted by Gasteiger charge is -2.40. The van der Waals surface area contributed by atoms with Gasteiger partial charge in [0.25, 0.3) is 0 Å². The average Bonchev–Trinajstić information content (AvgIpc) is 2.12. The maximum atomic E-state index is 9.12. The van der Waals surface area contributed by atoms with Gasteiger partial charge in [-0.15, -0.1) is 0 Å². The summed E-state index contributed by atoms with van der Waals surface area (Å²) in [7, 11) is -1.61. The lowest BCUT2D eigenvalue weighted by atomic mass is 9.91. The molecule has 1 rings (SSSR count). The Bertz CT molecular complexity index is 247. The summed E-state index contributed by atoms with van der Waals surface area (Å²) < 4.78 is 6.21. The van der Waals surface area contributed by atoms with Crippen LogP contribution in [0, 0.1) is 0 Å². The molecule has 0 radical (unpaired) electrons. The molecule has 0 unspecified atom stereocenters. The van der Waals surface area contributed by atoms with Crippen molar-refractivity contribution in [2.24, 2.45) is 0 Å². The number of hydrogen-bond donors (Lipinski definition) is 1. The highest BCUT2D eigenvalue weighted by Gasteiger charge is 2.37. The summed E-state index contributed by atoms with van der Waals surface area (Å²) in [5.74, 6) is 0. The minimum absolute atomic E-state index is 0.261. The zero-order valence-electron chi connectivity index (χ0n) is 12.8.